The lowest BCUT2D eigenvalue weighted by Crippen LogP contribution is -2.38. The summed E-state index contributed by atoms with van der Waals surface area (Å²) in [4.78, 5) is 1.21. The molecular formula is C16H18ClFN2S. The van der Waals surface area contributed by atoms with Gasteiger partial charge in [0, 0.05) is 21.7 Å². The molecule has 0 radical (unpaired) electrons. The zero-order valence-electron chi connectivity index (χ0n) is 11.8. The Labute approximate surface area is 133 Å². The summed E-state index contributed by atoms with van der Waals surface area (Å²) in [6.07, 6.45) is 0.661. The van der Waals surface area contributed by atoms with Crippen LogP contribution in [0.15, 0.2) is 47.4 Å². The molecule has 0 spiro atoms. The molecule has 0 aliphatic carbocycles. The van der Waals surface area contributed by atoms with Crippen LogP contribution in [0.1, 0.15) is 11.1 Å². The van der Waals surface area contributed by atoms with E-state index < -0.39 is 0 Å². The Bertz CT molecular complexity index is 607. The van der Waals surface area contributed by atoms with Crippen LogP contribution in [0.4, 0.5) is 4.39 Å². The number of aryl methyl sites for hydroxylation is 1. The van der Waals surface area contributed by atoms with Crippen molar-refractivity contribution < 1.29 is 4.39 Å². The second-order valence-electron chi connectivity index (χ2n) is 4.93. The van der Waals surface area contributed by atoms with Gasteiger partial charge in [0.1, 0.15) is 5.82 Å². The Balaban J connectivity index is 1.97. The third-order valence-corrected chi connectivity index (χ3v) is 4.67. The maximum atomic E-state index is 13.0. The first-order chi connectivity index (χ1) is 10.1. The standard InChI is InChI=1S/C16H18ClFN2S/c1-11-3-2-4-15(7-11)21-10-14(20-19)8-12-5-6-13(18)9-16(12)17/h2-7,9,14,20H,8,10,19H2,1H3. The molecule has 2 nitrogen and oxygen atoms in total. The summed E-state index contributed by atoms with van der Waals surface area (Å²) in [6, 6.07) is 12.9. The maximum Gasteiger partial charge on any atom is 0.124 e. The van der Waals surface area contributed by atoms with Crippen LogP contribution in [0, 0.1) is 12.7 Å². The Morgan fingerprint density at radius 1 is 1.29 bits per heavy atom. The minimum atomic E-state index is -0.324. The summed E-state index contributed by atoms with van der Waals surface area (Å²) in [5.74, 6) is 6.10. The number of halogens is 2. The van der Waals surface area contributed by atoms with Crippen LogP contribution in [0.5, 0.6) is 0 Å². The number of hydrogen-bond donors (Lipinski definition) is 2. The second-order valence-corrected chi connectivity index (χ2v) is 6.43. The summed E-state index contributed by atoms with van der Waals surface area (Å²) < 4.78 is 13.0. The number of hydrazine groups is 1. The van der Waals surface area contributed by atoms with Crippen molar-refractivity contribution in [2.45, 2.75) is 24.3 Å². The molecule has 0 saturated carbocycles. The van der Waals surface area contributed by atoms with Crippen molar-refractivity contribution in [3.63, 3.8) is 0 Å². The summed E-state index contributed by atoms with van der Waals surface area (Å²) in [5.41, 5.74) is 4.93. The van der Waals surface area contributed by atoms with Gasteiger partial charge in [0.25, 0.3) is 0 Å². The van der Waals surface area contributed by atoms with E-state index in [9.17, 15) is 4.39 Å². The fourth-order valence-electron chi connectivity index (χ4n) is 2.02. The van der Waals surface area contributed by atoms with Gasteiger partial charge in [-0.1, -0.05) is 35.4 Å². The van der Waals surface area contributed by atoms with E-state index in [0.717, 1.165) is 11.3 Å². The van der Waals surface area contributed by atoms with Crippen molar-refractivity contribution in [1.29, 1.82) is 0 Å². The summed E-state index contributed by atoms with van der Waals surface area (Å²) in [6.45, 7) is 2.07. The normalized spacial score (nSPS) is 12.4. The number of nitrogens with two attached hydrogens (primary N) is 1. The van der Waals surface area contributed by atoms with E-state index in [2.05, 4.69) is 30.5 Å². The lowest BCUT2D eigenvalue weighted by molar-refractivity contribution is 0.574. The van der Waals surface area contributed by atoms with Crippen LogP contribution in [0.25, 0.3) is 0 Å². The first kappa shape index (κ1) is 16.3. The van der Waals surface area contributed by atoms with Crippen molar-refractivity contribution >= 4 is 23.4 Å². The molecule has 2 rings (SSSR count). The van der Waals surface area contributed by atoms with Crippen LogP contribution < -0.4 is 11.3 Å². The highest BCUT2D eigenvalue weighted by Gasteiger charge is 2.11. The SMILES string of the molecule is Cc1cccc(SCC(Cc2ccc(F)cc2Cl)NN)c1. The van der Waals surface area contributed by atoms with Crippen LogP contribution in [0.3, 0.4) is 0 Å². The Morgan fingerprint density at radius 3 is 2.76 bits per heavy atom. The van der Waals surface area contributed by atoms with Crippen LogP contribution >= 0.6 is 23.4 Å². The molecule has 1 unspecified atom stereocenters. The Hall–Kier alpha value is -1.07. The zero-order valence-corrected chi connectivity index (χ0v) is 13.3. The molecule has 21 heavy (non-hydrogen) atoms. The molecule has 0 bridgehead atoms. The minimum Gasteiger partial charge on any atom is -0.271 e. The molecule has 0 amide bonds. The lowest BCUT2D eigenvalue weighted by Gasteiger charge is -2.16. The third-order valence-electron chi connectivity index (χ3n) is 3.16. The van der Waals surface area contributed by atoms with E-state index in [1.54, 1.807) is 17.8 Å². The number of benzene rings is 2. The van der Waals surface area contributed by atoms with E-state index in [0.29, 0.717) is 11.4 Å². The van der Waals surface area contributed by atoms with E-state index >= 15 is 0 Å². The fourth-order valence-corrected chi connectivity index (χ4v) is 3.32. The van der Waals surface area contributed by atoms with Crippen LogP contribution in [-0.2, 0) is 6.42 Å². The van der Waals surface area contributed by atoms with Gasteiger partial charge in [0.2, 0.25) is 0 Å². The second kappa shape index (κ2) is 7.80. The molecule has 0 aliphatic heterocycles. The Kier molecular flexibility index (Phi) is 6.06. The highest BCUT2D eigenvalue weighted by molar-refractivity contribution is 7.99. The zero-order chi connectivity index (χ0) is 15.2. The molecule has 3 N–H and O–H groups in total. The van der Waals surface area contributed by atoms with Crippen LogP contribution in [-0.4, -0.2) is 11.8 Å². The molecule has 2 aromatic carbocycles. The molecule has 0 saturated heterocycles. The predicted octanol–water partition coefficient (Wildman–Crippen LogP) is 3.95. The van der Waals surface area contributed by atoms with E-state index in [1.165, 1.54) is 22.6 Å². The van der Waals surface area contributed by atoms with E-state index in [1.807, 2.05) is 6.07 Å². The van der Waals surface area contributed by atoms with E-state index in [-0.39, 0.29) is 11.9 Å². The van der Waals surface area contributed by atoms with E-state index in [4.69, 9.17) is 17.4 Å². The monoisotopic (exact) mass is 324 g/mol. The first-order valence-corrected chi connectivity index (χ1v) is 8.04. The number of hydrogen-bond acceptors (Lipinski definition) is 3. The van der Waals surface area contributed by atoms with Crippen LogP contribution in [0.2, 0.25) is 5.02 Å². The van der Waals surface area contributed by atoms with Gasteiger partial charge < -0.3 is 0 Å². The number of rotatable bonds is 6. The topological polar surface area (TPSA) is 38.0 Å². The van der Waals surface area contributed by atoms with Gasteiger partial charge in [-0.05, 0) is 43.2 Å². The first-order valence-electron chi connectivity index (χ1n) is 6.68. The number of nitrogens with one attached hydrogen (secondary N) is 1. The van der Waals surface area contributed by atoms with Crippen molar-refractivity contribution in [3.8, 4) is 0 Å². The molecule has 0 aliphatic rings. The molecule has 2 aromatic rings. The van der Waals surface area contributed by atoms with Crippen molar-refractivity contribution in [2.75, 3.05) is 5.75 Å². The summed E-state index contributed by atoms with van der Waals surface area (Å²) in [5, 5.41) is 0.441. The van der Waals surface area contributed by atoms with Crippen molar-refractivity contribution in [3.05, 3.63) is 64.4 Å². The van der Waals surface area contributed by atoms with Gasteiger partial charge >= 0.3 is 0 Å². The van der Waals surface area contributed by atoms with Gasteiger partial charge in [-0.3, -0.25) is 11.3 Å². The molecule has 5 heteroatoms. The average molecular weight is 325 g/mol. The highest BCUT2D eigenvalue weighted by Crippen LogP contribution is 2.23. The molecule has 0 heterocycles. The number of thioether (sulfide) groups is 1. The Morgan fingerprint density at radius 2 is 2.10 bits per heavy atom. The highest BCUT2D eigenvalue weighted by atomic mass is 35.5. The molecule has 112 valence electrons. The van der Waals surface area contributed by atoms with Gasteiger partial charge in [-0.25, -0.2) is 4.39 Å². The molecular weight excluding hydrogens is 307 g/mol. The molecule has 0 fully saturated rings. The molecule has 0 aromatic heterocycles. The third kappa shape index (κ3) is 5.00. The van der Waals surface area contributed by atoms with Crippen molar-refractivity contribution in [1.82, 2.24) is 5.43 Å². The largest absolute Gasteiger partial charge is 0.271 e. The maximum absolute atomic E-state index is 13.0. The predicted molar refractivity (Wildman–Crippen MR) is 88.1 cm³/mol. The fraction of sp³-hybridized carbons (Fsp3) is 0.250. The lowest BCUT2D eigenvalue weighted by atomic mass is 10.1. The summed E-state index contributed by atoms with van der Waals surface area (Å²) >= 11 is 7.79. The van der Waals surface area contributed by atoms with Gasteiger partial charge in [-0.15, -0.1) is 11.8 Å². The average Bonchev–Trinajstić information content (AvgIpc) is 2.45. The summed E-state index contributed by atoms with van der Waals surface area (Å²) in [7, 11) is 0. The smallest absolute Gasteiger partial charge is 0.124 e. The molecule has 1 atom stereocenters. The van der Waals surface area contributed by atoms with Gasteiger partial charge in [-0.2, -0.15) is 0 Å². The van der Waals surface area contributed by atoms with Crippen molar-refractivity contribution in [2.24, 2.45) is 5.84 Å². The van der Waals surface area contributed by atoms with Gasteiger partial charge in [0.05, 0.1) is 0 Å². The van der Waals surface area contributed by atoms with Gasteiger partial charge in [0.15, 0.2) is 0 Å². The quantitative estimate of drug-likeness (QED) is 0.480. The minimum absolute atomic E-state index is 0.0680.